The zero-order valence-electron chi connectivity index (χ0n) is 12.5. The molecule has 1 fully saturated rings. The molecule has 2 rings (SSSR count). The number of hydrogen-bond acceptors (Lipinski definition) is 2. The summed E-state index contributed by atoms with van der Waals surface area (Å²) in [5.41, 5.74) is 0.689. The van der Waals surface area contributed by atoms with Gasteiger partial charge >= 0.3 is 0 Å². The van der Waals surface area contributed by atoms with Crippen LogP contribution in [0.15, 0.2) is 18.2 Å². The Kier molecular flexibility index (Phi) is 5.42. The second-order valence-corrected chi connectivity index (χ2v) is 6.35. The lowest BCUT2D eigenvalue weighted by Gasteiger charge is -2.41. The number of halogens is 2. The maximum atomic E-state index is 13.9. The van der Waals surface area contributed by atoms with E-state index in [1.165, 1.54) is 6.07 Å². The number of benzene rings is 1. The van der Waals surface area contributed by atoms with Crippen molar-refractivity contribution in [3.63, 3.8) is 0 Å². The van der Waals surface area contributed by atoms with Gasteiger partial charge in [0.2, 0.25) is 0 Å². The fourth-order valence-electron chi connectivity index (χ4n) is 2.72. The van der Waals surface area contributed by atoms with Crippen molar-refractivity contribution in [3.05, 3.63) is 34.6 Å². The van der Waals surface area contributed by atoms with Gasteiger partial charge in [0.25, 0.3) is 0 Å². The molecule has 0 radical (unpaired) electrons. The molecule has 0 bridgehead atoms. The van der Waals surface area contributed by atoms with Gasteiger partial charge in [-0.25, -0.2) is 4.39 Å². The molecule has 3 atom stereocenters. The highest BCUT2D eigenvalue weighted by Gasteiger charge is 2.28. The van der Waals surface area contributed by atoms with Crippen LogP contribution in [0.5, 0.6) is 0 Å². The molecule has 2 nitrogen and oxygen atoms in total. The highest BCUT2D eigenvalue weighted by atomic mass is 35.5. The molecule has 1 heterocycles. The van der Waals surface area contributed by atoms with E-state index in [0.29, 0.717) is 35.1 Å². The Morgan fingerprint density at radius 3 is 2.95 bits per heavy atom. The van der Waals surface area contributed by atoms with Crippen molar-refractivity contribution < 1.29 is 4.39 Å². The quantitative estimate of drug-likeness (QED) is 0.912. The van der Waals surface area contributed by atoms with E-state index in [1.807, 2.05) is 0 Å². The minimum atomic E-state index is -0.166. The molecule has 0 amide bonds. The standard InChI is InChI=1S/C16H24ClFN2/c1-4-11(2)16-10-20(12(3)8-19-16)9-13-7-14(17)5-6-15(13)18/h5-7,11-12,16,19H,4,8-10H2,1-3H3. The zero-order valence-corrected chi connectivity index (χ0v) is 13.3. The molecule has 1 N–H and O–H groups in total. The van der Waals surface area contributed by atoms with Crippen LogP contribution in [0.25, 0.3) is 0 Å². The number of rotatable bonds is 4. The average Bonchev–Trinajstić information content (AvgIpc) is 2.44. The summed E-state index contributed by atoms with van der Waals surface area (Å²) in [4.78, 5) is 2.35. The van der Waals surface area contributed by atoms with Crippen molar-refractivity contribution in [2.45, 2.75) is 45.8 Å². The molecule has 0 aromatic heterocycles. The van der Waals surface area contributed by atoms with Crippen LogP contribution in [0.2, 0.25) is 5.02 Å². The topological polar surface area (TPSA) is 15.3 Å². The van der Waals surface area contributed by atoms with Gasteiger partial charge in [-0.3, -0.25) is 4.90 Å². The lowest BCUT2D eigenvalue weighted by atomic mass is 9.95. The first-order chi connectivity index (χ1) is 9.51. The van der Waals surface area contributed by atoms with E-state index < -0.39 is 0 Å². The van der Waals surface area contributed by atoms with E-state index in [0.717, 1.165) is 19.5 Å². The molecule has 1 aromatic carbocycles. The summed E-state index contributed by atoms with van der Waals surface area (Å²) in [5.74, 6) is 0.467. The van der Waals surface area contributed by atoms with E-state index in [4.69, 9.17) is 11.6 Å². The Morgan fingerprint density at radius 2 is 2.25 bits per heavy atom. The van der Waals surface area contributed by atoms with E-state index in [-0.39, 0.29) is 5.82 Å². The smallest absolute Gasteiger partial charge is 0.127 e. The van der Waals surface area contributed by atoms with Crippen LogP contribution in [0.1, 0.15) is 32.8 Å². The van der Waals surface area contributed by atoms with E-state index in [1.54, 1.807) is 12.1 Å². The minimum Gasteiger partial charge on any atom is -0.311 e. The number of nitrogens with zero attached hydrogens (tertiary/aromatic N) is 1. The summed E-state index contributed by atoms with van der Waals surface area (Å²) >= 11 is 5.97. The van der Waals surface area contributed by atoms with E-state index in [2.05, 4.69) is 31.0 Å². The third-order valence-electron chi connectivity index (χ3n) is 4.44. The van der Waals surface area contributed by atoms with Crippen molar-refractivity contribution >= 4 is 11.6 Å². The molecule has 0 aliphatic carbocycles. The maximum absolute atomic E-state index is 13.9. The molecule has 4 heteroatoms. The number of hydrogen-bond donors (Lipinski definition) is 1. The van der Waals surface area contributed by atoms with Crippen LogP contribution in [-0.2, 0) is 6.54 Å². The van der Waals surface area contributed by atoms with Crippen LogP contribution in [-0.4, -0.2) is 30.1 Å². The van der Waals surface area contributed by atoms with E-state index in [9.17, 15) is 4.39 Å². The van der Waals surface area contributed by atoms with Gasteiger partial charge < -0.3 is 5.32 Å². The first kappa shape index (κ1) is 15.7. The van der Waals surface area contributed by atoms with Crippen molar-refractivity contribution in [1.82, 2.24) is 10.2 Å². The third-order valence-corrected chi connectivity index (χ3v) is 4.68. The normalized spacial score (nSPS) is 25.6. The summed E-state index contributed by atoms with van der Waals surface area (Å²) in [5, 5.41) is 4.20. The summed E-state index contributed by atoms with van der Waals surface area (Å²) in [6.07, 6.45) is 1.16. The molecular formula is C16H24ClFN2. The van der Waals surface area contributed by atoms with E-state index >= 15 is 0 Å². The minimum absolute atomic E-state index is 0.166. The summed E-state index contributed by atoms with van der Waals surface area (Å²) < 4.78 is 13.9. The Bertz CT molecular complexity index is 452. The highest BCUT2D eigenvalue weighted by Crippen LogP contribution is 2.21. The van der Waals surface area contributed by atoms with Gasteiger partial charge in [0.05, 0.1) is 0 Å². The predicted molar refractivity (Wildman–Crippen MR) is 82.5 cm³/mol. The average molecular weight is 299 g/mol. The van der Waals surface area contributed by atoms with Gasteiger partial charge in [0.15, 0.2) is 0 Å². The van der Waals surface area contributed by atoms with Gasteiger partial charge in [0.1, 0.15) is 5.82 Å². The molecule has 1 aromatic rings. The Hall–Kier alpha value is -0.640. The molecule has 1 aliphatic rings. The molecule has 0 spiro atoms. The van der Waals surface area contributed by atoms with Crippen LogP contribution in [0.4, 0.5) is 4.39 Å². The Morgan fingerprint density at radius 1 is 1.50 bits per heavy atom. The lowest BCUT2D eigenvalue weighted by Crippen LogP contribution is -2.57. The SMILES string of the molecule is CCC(C)C1CN(Cc2cc(Cl)ccc2F)C(C)CN1. The number of piperazine rings is 1. The second kappa shape index (κ2) is 6.88. The van der Waals surface area contributed by atoms with Crippen molar-refractivity contribution in [2.24, 2.45) is 5.92 Å². The zero-order chi connectivity index (χ0) is 14.7. The van der Waals surface area contributed by atoms with Crippen molar-refractivity contribution in [1.29, 1.82) is 0 Å². The van der Waals surface area contributed by atoms with Gasteiger partial charge in [-0.2, -0.15) is 0 Å². The van der Waals surface area contributed by atoms with Gasteiger partial charge in [-0.1, -0.05) is 31.9 Å². The third kappa shape index (κ3) is 3.72. The summed E-state index contributed by atoms with van der Waals surface area (Å²) in [7, 11) is 0. The lowest BCUT2D eigenvalue weighted by molar-refractivity contribution is 0.110. The fraction of sp³-hybridized carbons (Fsp3) is 0.625. The summed E-state index contributed by atoms with van der Waals surface area (Å²) in [6, 6.07) is 5.69. The van der Waals surface area contributed by atoms with Gasteiger partial charge in [0, 0.05) is 42.3 Å². The largest absolute Gasteiger partial charge is 0.311 e. The first-order valence-corrected chi connectivity index (χ1v) is 7.80. The van der Waals surface area contributed by atoms with Crippen LogP contribution in [0, 0.1) is 11.7 Å². The molecule has 1 aliphatic heterocycles. The van der Waals surface area contributed by atoms with Gasteiger partial charge in [-0.05, 0) is 31.0 Å². The molecule has 112 valence electrons. The molecule has 20 heavy (non-hydrogen) atoms. The fourth-order valence-corrected chi connectivity index (χ4v) is 2.91. The maximum Gasteiger partial charge on any atom is 0.127 e. The Balaban J connectivity index is 2.08. The summed E-state index contributed by atoms with van der Waals surface area (Å²) in [6.45, 7) is 9.21. The molecular weight excluding hydrogens is 275 g/mol. The van der Waals surface area contributed by atoms with Crippen LogP contribution >= 0.6 is 11.6 Å². The van der Waals surface area contributed by atoms with Crippen molar-refractivity contribution in [2.75, 3.05) is 13.1 Å². The first-order valence-electron chi connectivity index (χ1n) is 7.42. The molecule has 0 saturated carbocycles. The van der Waals surface area contributed by atoms with Crippen LogP contribution < -0.4 is 5.32 Å². The predicted octanol–water partition coefficient (Wildman–Crippen LogP) is 3.69. The van der Waals surface area contributed by atoms with Crippen LogP contribution in [0.3, 0.4) is 0 Å². The molecule has 3 unspecified atom stereocenters. The molecule has 1 saturated heterocycles. The van der Waals surface area contributed by atoms with Crippen molar-refractivity contribution in [3.8, 4) is 0 Å². The second-order valence-electron chi connectivity index (χ2n) is 5.91. The Labute approximate surface area is 126 Å². The highest BCUT2D eigenvalue weighted by molar-refractivity contribution is 6.30. The monoisotopic (exact) mass is 298 g/mol. The van der Waals surface area contributed by atoms with Gasteiger partial charge in [-0.15, -0.1) is 0 Å². The number of nitrogens with one attached hydrogen (secondary N) is 1.